The van der Waals surface area contributed by atoms with E-state index < -0.39 is 17.7 Å². The summed E-state index contributed by atoms with van der Waals surface area (Å²) >= 11 is 1.75. The van der Waals surface area contributed by atoms with Gasteiger partial charge in [0, 0.05) is 36.0 Å². The topological polar surface area (TPSA) is 72.9 Å². The van der Waals surface area contributed by atoms with E-state index in [9.17, 15) is 14.7 Å². The lowest BCUT2D eigenvalue weighted by Gasteiger charge is -2.52. The van der Waals surface area contributed by atoms with Crippen molar-refractivity contribution in [3.8, 4) is 0 Å². The van der Waals surface area contributed by atoms with Crippen molar-refractivity contribution >= 4 is 23.6 Å². The van der Waals surface area contributed by atoms with Gasteiger partial charge in [0.1, 0.15) is 11.6 Å². The van der Waals surface area contributed by atoms with Crippen LogP contribution >= 0.6 is 11.8 Å². The van der Waals surface area contributed by atoms with Crippen molar-refractivity contribution in [2.45, 2.75) is 80.5 Å². The van der Waals surface area contributed by atoms with Crippen LogP contribution in [0.25, 0.3) is 0 Å². The summed E-state index contributed by atoms with van der Waals surface area (Å²) in [5, 5.41) is 13.5. The summed E-state index contributed by atoms with van der Waals surface area (Å²) in [6.45, 7) is 8.72. The molecule has 2 aliphatic heterocycles. The van der Waals surface area contributed by atoms with Crippen LogP contribution in [0.5, 0.6) is 0 Å². The Hall–Kier alpha value is -2.35. The maximum Gasteiger partial charge on any atom is 0.248 e. The number of hydrogen-bond donors (Lipinski definition) is 2. The Kier molecular flexibility index (Phi) is 8.75. The van der Waals surface area contributed by atoms with Crippen molar-refractivity contribution in [1.82, 2.24) is 15.1 Å². The van der Waals surface area contributed by atoms with Gasteiger partial charge in [-0.2, -0.15) is 0 Å². The second-order valence-corrected chi connectivity index (χ2v) is 11.5. The number of unbranched alkanes of at least 4 members (excludes halogenated alkanes) is 1. The number of carbonyl (C=O) groups excluding carboxylic acids is 2. The number of likely N-dealkylation sites (tertiary alicyclic amines) is 1. The molecule has 6 nitrogen and oxygen atoms in total. The Morgan fingerprint density at radius 3 is 2.28 bits per heavy atom. The van der Waals surface area contributed by atoms with Crippen LogP contribution in [-0.4, -0.2) is 64.0 Å². The van der Waals surface area contributed by atoms with E-state index in [1.54, 1.807) is 16.7 Å². The Bertz CT molecular complexity index is 1020. The molecule has 2 aliphatic rings. The lowest BCUT2D eigenvalue weighted by atomic mass is 9.80. The van der Waals surface area contributed by atoms with Gasteiger partial charge < -0.3 is 15.3 Å². The van der Waals surface area contributed by atoms with E-state index in [4.69, 9.17) is 0 Å². The molecule has 2 saturated heterocycles. The fourth-order valence-electron chi connectivity index (χ4n) is 5.22. The summed E-state index contributed by atoms with van der Waals surface area (Å²) < 4.78 is 0. The van der Waals surface area contributed by atoms with Crippen molar-refractivity contribution in [1.29, 1.82) is 0 Å². The quantitative estimate of drug-likeness (QED) is 0.527. The smallest absolute Gasteiger partial charge is 0.248 e. The number of rotatable bonds is 9. The normalized spacial score (nSPS) is 21.1. The third-order valence-corrected chi connectivity index (χ3v) is 8.53. The molecule has 2 fully saturated rings. The highest BCUT2D eigenvalue weighted by Gasteiger charge is 2.54. The lowest BCUT2D eigenvalue weighted by molar-refractivity contribution is -0.165. The molecule has 2 amide bonds. The van der Waals surface area contributed by atoms with E-state index in [1.807, 2.05) is 19.9 Å². The van der Waals surface area contributed by atoms with Crippen LogP contribution < -0.4 is 5.32 Å². The highest BCUT2D eigenvalue weighted by molar-refractivity contribution is 7.99. The van der Waals surface area contributed by atoms with Crippen LogP contribution in [0.4, 0.5) is 0 Å². The molecular formula is C29H39N3O3S. The zero-order valence-corrected chi connectivity index (χ0v) is 22.5. The van der Waals surface area contributed by atoms with Gasteiger partial charge in [-0.25, -0.2) is 0 Å². The number of carbonyl (C=O) groups is 2. The molecule has 2 aromatic rings. The molecule has 0 aromatic heterocycles. The minimum absolute atomic E-state index is 0.107. The molecule has 0 bridgehead atoms. The second kappa shape index (κ2) is 11.8. The van der Waals surface area contributed by atoms with Gasteiger partial charge >= 0.3 is 0 Å². The van der Waals surface area contributed by atoms with Gasteiger partial charge in [0.05, 0.1) is 6.10 Å². The van der Waals surface area contributed by atoms with Crippen molar-refractivity contribution in [3.63, 3.8) is 0 Å². The summed E-state index contributed by atoms with van der Waals surface area (Å²) in [6.07, 6.45) is 2.14. The number of aliphatic hydroxyl groups is 1. The highest BCUT2D eigenvalue weighted by atomic mass is 32.2. The van der Waals surface area contributed by atoms with E-state index in [0.29, 0.717) is 19.4 Å². The Morgan fingerprint density at radius 2 is 1.67 bits per heavy atom. The number of benzene rings is 2. The fraction of sp³-hybridized carbons (Fsp3) is 0.517. The summed E-state index contributed by atoms with van der Waals surface area (Å²) in [5.74, 6) is -0.352. The van der Waals surface area contributed by atoms with E-state index in [-0.39, 0.29) is 17.7 Å². The van der Waals surface area contributed by atoms with E-state index >= 15 is 0 Å². The molecule has 2 heterocycles. The molecule has 36 heavy (non-hydrogen) atoms. The van der Waals surface area contributed by atoms with Crippen molar-refractivity contribution in [3.05, 3.63) is 60.2 Å². The first-order chi connectivity index (χ1) is 17.3. The predicted molar refractivity (Wildman–Crippen MR) is 144 cm³/mol. The van der Waals surface area contributed by atoms with Gasteiger partial charge in [0.15, 0.2) is 0 Å². The monoisotopic (exact) mass is 509 g/mol. The molecule has 2 aromatic carbocycles. The van der Waals surface area contributed by atoms with Crippen LogP contribution in [0, 0.1) is 5.92 Å². The average molecular weight is 510 g/mol. The average Bonchev–Trinajstić information content (AvgIpc) is 2.89. The number of amides is 2. The Labute approximate surface area is 219 Å². The number of hydrogen-bond acceptors (Lipinski definition) is 5. The van der Waals surface area contributed by atoms with Gasteiger partial charge in [-0.05, 0) is 55.0 Å². The molecule has 2 N–H and O–H groups in total. The molecule has 0 saturated carbocycles. The SMILES string of the molecule is CCCCN1C(=O)C(C(O)C(C)C)NC(=O)C12CCN(Cc1ccc(Sc3ccccc3)cc1)CC2. The molecule has 7 heteroatoms. The van der Waals surface area contributed by atoms with Gasteiger partial charge in [0.25, 0.3) is 0 Å². The molecule has 194 valence electrons. The fourth-order valence-corrected chi connectivity index (χ4v) is 6.06. The number of piperazine rings is 1. The van der Waals surface area contributed by atoms with Gasteiger partial charge in [-0.15, -0.1) is 0 Å². The summed E-state index contributed by atoms with van der Waals surface area (Å²) in [4.78, 5) is 33.5. The van der Waals surface area contributed by atoms with Crippen molar-refractivity contribution < 1.29 is 14.7 Å². The van der Waals surface area contributed by atoms with Crippen LogP contribution in [0.3, 0.4) is 0 Å². The highest BCUT2D eigenvalue weighted by Crippen LogP contribution is 2.35. The molecular weight excluding hydrogens is 470 g/mol. The number of aliphatic hydroxyl groups excluding tert-OH is 1. The molecule has 2 unspecified atom stereocenters. The molecule has 0 aliphatic carbocycles. The molecule has 4 rings (SSSR count). The molecule has 0 radical (unpaired) electrons. The lowest BCUT2D eigenvalue weighted by Crippen LogP contribution is -2.74. The zero-order valence-electron chi connectivity index (χ0n) is 21.7. The first kappa shape index (κ1) is 26.7. The Morgan fingerprint density at radius 1 is 1.03 bits per heavy atom. The third-order valence-electron chi connectivity index (χ3n) is 7.51. The van der Waals surface area contributed by atoms with Crippen LogP contribution in [0.1, 0.15) is 52.0 Å². The van der Waals surface area contributed by atoms with Gasteiger partial charge in [-0.1, -0.05) is 69.3 Å². The minimum Gasteiger partial charge on any atom is -0.390 e. The molecule has 2 atom stereocenters. The predicted octanol–water partition coefficient (Wildman–Crippen LogP) is 4.32. The number of nitrogens with zero attached hydrogens (tertiary/aromatic N) is 2. The largest absolute Gasteiger partial charge is 0.390 e. The van der Waals surface area contributed by atoms with E-state index in [0.717, 1.165) is 32.5 Å². The maximum atomic E-state index is 13.5. The van der Waals surface area contributed by atoms with Crippen LogP contribution in [-0.2, 0) is 16.1 Å². The summed E-state index contributed by atoms with van der Waals surface area (Å²) in [7, 11) is 0. The van der Waals surface area contributed by atoms with Crippen LogP contribution in [0.2, 0.25) is 0 Å². The minimum atomic E-state index is -0.883. The van der Waals surface area contributed by atoms with Crippen molar-refractivity contribution in [2.75, 3.05) is 19.6 Å². The van der Waals surface area contributed by atoms with Crippen molar-refractivity contribution in [2.24, 2.45) is 5.92 Å². The van der Waals surface area contributed by atoms with E-state index in [1.165, 1.54) is 15.4 Å². The summed E-state index contributed by atoms with van der Waals surface area (Å²) in [6, 6.07) is 18.2. The van der Waals surface area contributed by atoms with E-state index in [2.05, 4.69) is 65.7 Å². The second-order valence-electron chi connectivity index (χ2n) is 10.4. The van der Waals surface area contributed by atoms with Gasteiger partial charge in [0.2, 0.25) is 11.8 Å². The first-order valence-corrected chi connectivity index (χ1v) is 14.0. The Balaban J connectivity index is 1.40. The summed E-state index contributed by atoms with van der Waals surface area (Å²) in [5.41, 5.74) is 0.432. The van der Waals surface area contributed by atoms with Gasteiger partial charge in [-0.3, -0.25) is 14.5 Å². The van der Waals surface area contributed by atoms with Crippen LogP contribution in [0.15, 0.2) is 64.4 Å². The molecule has 1 spiro atoms. The zero-order chi connectivity index (χ0) is 25.7. The number of piperidine rings is 1. The number of nitrogens with one attached hydrogen (secondary N) is 1. The standard InChI is InChI=1S/C29H39N3O3S/c1-4-5-17-32-27(34)25(26(33)21(2)3)30-28(35)29(32)15-18-31(19-16-29)20-22-11-13-24(14-12-22)36-23-9-7-6-8-10-23/h6-14,21,25-26,33H,4-5,15-20H2,1-3H3,(H,30,35). The first-order valence-electron chi connectivity index (χ1n) is 13.2. The third kappa shape index (κ3) is 5.79. The maximum absolute atomic E-state index is 13.5.